The first-order valence-corrected chi connectivity index (χ1v) is 7.69. The number of nitrogens with zero attached hydrogens (tertiary/aromatic N) is 2. The molecule has 2 saturated carbocycles. The summed E-state index contributed by atoms with van der Waals surface area (Å²) in [6.45, 7) is 0. The molecule has 0 atom stereocenters. The molecule has 1 aromatic rings. The van der Waals surface area contributed by atoms with Crippen LogP contribution in [-0.2, 0) is 0 Å². The molecule has 0 radical (unpaired) electrons. The van der Waals surface area contributed by atoms with E-state index >= 15 is 0 Å². The zero-order chi connectivity index (χ0) is 12.4. The SMILES string of the molecule is Nc1cn(C2CCCCC2)nc1C1CCCCC1. The van der Waals surface area contributed by atoms with Gasteiger partial charge >= 0.3 is 0 Å². The van der Waals surface area contributed by atoms with Crippen LogP contribution in [0.1, 0.15) is 81.9 Å². The summed E-state index contributed by atoms with van der Waals surface area (Å²) in [5, 5.41) is 4.85. The van der Waals surface area contributed by atoms with Gasteiger partial charge in [0.15, 0.2) is 0 Å². The molecule has 0 aromatic carbocycles. The molecule has 0 saturated heterocycles. The van der Waals surface area contributed by atoms with E-state index in [-0.39, 0.29) is 0 Å². The topological polar surface area (TPSA) is 43.8 Å². The standard InChI is InChI=1S/C15H25N3/c16-14-11-18(13-9-5-2-6-10-13)17-15(14)12-7-3-1-4-8-12/h11-13H,1-10,16H2. The number of rotatable bonds is 2. The van der Waals surface area contributed by atoms with Crippen LogP contribution in [0, 0.1) is 0 Å². The second-order valence-electron chi connectivity index (χ2n) is 6.08. The van der Waals surface area contributed by atoms with E-state index in [1.165, 1.54) is 69.9 Å². The van der Waals surface area contributed by atoms with Gasteiger partial charge in [-0.05, 0) is 25.7 Å². The highest BCUT2D eigenvalue weighted by Crippen LogP contribution is 2.36. The fraction of sp³-hybridized carbons (Fsp3) is 0.800. The van der Waals surface area contributed by atoms with Crippen LogP contribution in [0.4, 0.5) is 5.69 Å². The normalized spacial score (nSPS) is 23.3. The molecule has 100 valence electrons. The van der Waals surface area contributed by atoms with E-state index in [9.17, 15) is 0 Å². The second kappa shape index (κ2) is 5.33. The zero-order valence-electron chi connectivity index (χ0n) is 11.3. The first-order chi connectivity index (χ1) is 8.84. The number of nitrogens with two attached hydrogens (primary N) is 1. The molecule has 2 fully saturated rings. The Kier molecular flexibility index (Phi) is 3.57. The largest absolute Gasteiger partial charge is 0.396 e. The Labute approximate surface area is 110 Å². The lowest BCUT2D eigenvalue weighted by Gasteiger charge is -2.22. The third-order valence-electron chi connectivity index (χ3n) is 4.73. The maximum absolute atomic E-state index is 6.20. The van der Waals surface area contributed by atoms with Gasteiger partial charge in [-0.2, -0.15) is 5.10 Å². The molecule has 2 aliphatic rings. The Morgan fingerprint density at radius 2 is 1.56 bits per heavy atom. The first-order valence-electron chi connectivity index (χ1n) is 7.69. The molecule has 3 rings (SSSR count). The van der Waals surface area contributed by atoms with Crippen LogP contribution in [-0.4, -0.2) is 9.78 Å². The summed E-state index contributed by atoms with van der Waals surface area (Å²) >= 11 is 0. The maximum atomic E-state index is 6.20. The third-order valence-corrected chi connectivity index (χ3v) is 4.73. The molecule has 0 aliphatic heterocycles. The average Bonchev–Trinajstić information content (AvgIpc) is 2.83. The summed E-state index contributed by atoms with van der Waals surface area (Å²) in [4.78, 5) is 0. The van der Waals surface area contributed by atoms with E-state index in [0.717, 1.165) is 5.69 Å². The predicted molar refractivity (Wildman–Crippen MR) is 74.6 cm³/mol. The van der Waals surface area contributed by atoms with E-state index in [2.05, 4.69) is 10.9 Å². The minimum Gasteiger partial charge on any atom is -0.396 e. The Balaban J connectivity index is 1.76. The summed E-state index contributed by atoms with van der Waals surface area (Å²) in [5.41, 5.74) is 8.33. The van der Waals surface area contributed by atoms with Crippen molar-refractivity contribution in [2.24, 2.45) is 0 Å². The molecule has 2 aliphatic carbocycles. The summed E-state index contributed by atoms with van der Waals surface area (Å²) in [6.07, 6.45) is 15.4. The number of hydrogen-bond donors (Lipinski definition) is 1. The van der Waals surface area contributed by atoms with Crippen molar-refractivity contribution in [1.82, 2.24) is 9.78 Å². The molecule has 2 N–H and O–H groups in total. The Morgan fingerprint density at radius 1 is 0.944 bits per heavy atom. The van der Waals surface area contributed by atoms with Crippen molar-refractivity contribution in [1.29, 1.82) is 0 Å². The molecule has 3 heteroatoms. The van der Waals surface area contributed by atoms with Crippen LogP contribution < -0.4 is 5.73 Å². The van der Waals surface area contributed by atoms with E-state index in [4.69, 9.17) is 10.8 Å². The van der Waals surface area contributed by atoms with Crippen LogP contribution >= 0.6 is 0 Å². The predicted octanol–water partition coefficient (Wildman–Crippen LogP) is 4.02. The maximum Gasteiger partial charge on any atom is 0.0884 e. The fourth-order valence-electron chi connectivity index (χ4n) is 3.65. The average molecular weight is 247 g/mol. The molecule has 18 heavy (non-hydrogen) atoms. The van der Waals surface area contributed by atoms with Gasteiger partial charge in [0.25, 0.3) is 0 Å². The lowest BCUT2D eigenvalue weighted by atomic mass is 9.86. The van der Waals surface area contributed by atoms with E-state index < -0.39 is 0 Å². The van der Waals surface area contributed by atoms with Gasteiger partial charge in [0.05, 0.1) is 17.4 Å². The van der Waals surface area contributed by atoms with Gasteiger partial charge in [-0.15, -0.1) is 0 Å². The van der Waals surface area contributed by atoms with Crippen LogP contribution in [0.25, 0.3) is 0 Å². The van der Waals surface area contributed by atoms with E-state index in [0.29, 0.717) is 12.0 Å². The number of nitrogen functional groups attached to an aromatic ring is 1. The van der Waals surface area contributed by atoms with Gasteiger partial charge in [0.1, 0.15) is 0 Å². The first kappa shape index (κ1) is 12.1. The summed E-state index contributed by atoms with van der Waals surface area (Å²) in [5.74, 6) is 0.628. The molecule has 0 bridgehead atoms. The van der Waals surface area contributed by atoms with Gasteiger partial charge < -0.3 is 5.73 Å². The van der Waals surface area contributed by atoms with Gasteiger partial charge in [-0.1, -0.05) is 38.5 Å². The molecule has 1 heterocycles. The van der Waals surface area contributed by atoms with Crippen LogP contribution in [0.5, 0.6) is 0 Å². The molecule has 0 spiro atoms. The molecular weight excluding hydrogens is 222 g/mol. The third kappa shape index (κ3) is 2.40. The quantitative estimate of drug-likeness (QED) is 0.857. The van der Waals surface area contributed by atoms with Crippen molar-refractivity contribution in [3.63, 3.8) is 0 Å². The van der Waals surface area contributed by atoms with Crippen molar-refractivity contribution in [3.05, 3.63) is 11.9 Å². The van der Waals surface area contributed by atoms with Gasteiger partial charge in [0.2, 0.25) is 0 Å². The summed E-state index contributed by atoms with van der Waals surface area (Å²) in [7, 11) is 0. The smallest absolute Gasteiger partial charge is 0.0884 e. The number of anilines is 1. The van der Waals surface area contributed by atoms with Crippen LogP contribution in [0.15, 0.2) is 6.20 Å². The lowest BCUT2D eigenvalue weighted by molar-refractivity contribution is 0.325. The van der Waals surface area contributed by atoms with E-state index in [1.807, 2.05) is 0 Å². The van der Waals surface area contributed by atoms with Crippen molar-refractivity contribution in [3.8, 4) is 0 Å². The van der Waals surface area contributed by atoms with Crippen molar-refractivity contribution >= 4 is 5.69 Å². The monoisotopic (exact) mass is 247 g/mol. The summed E-state index contributed by atoms with van der Waals surface area (Å²) in [6, 6.07) is 0.610. The zero-order valence-corrected chi connectivity index (χ0v) is 11.3. The Hall–Kier alpha value is -0.990. The Bertz CT molecular complexity index is 384. The summed E-state index contributed by atoms with van der Waals surface area (Å²) < 4.78 is 2.18. The van der Waals surface area contributed by atoms with Gasteiger partial charge in [-0.25, -0.2) is 0 Å². The van der Waals surface area contributed by atoms with Crippen molar-refractivity contribution < 1.29 is 0 Å². The Morgan fingerprint density at radius 3 is 2.22 bits per heavy atom. The number of hydrogen-bond acceptors (Lipinski definition) is 2. The highest BCUT2D eigenvalue weighted by molar-refractivity contribution is 5.43. The van der Waals surface area contributed by atoms with Crippen LogP contribution in [0.3, 0.4) is 0 Å². The van der Waals surface area contributed by atoms with Gasteiger partial charge in [0, 0.05) is 12.1 Å². The van der Waals surface area contributed by atoms with Gasteiger partial charge in [-0.3, -0.25) is 4.68 Å². The van der Waals surface area contributed by atoms with Crippen molar-refractivity contribution in [2.45, 2.75) is 76.2 Å². The van der Waals surface area contributed by atoms with Crippen LogP contribution in [0.2, 0.25) is 0 Å². The highest BCUT2D eigenvalue weighted by atomic mass is 15.3. The molecule has 0 unspecified atom stereocenters. The molecule has 1 aromatic heterocycles. The van der Waals surface area contributed by atoms with E-state index in [1.54, 1.807) is 0 Å². The minimum absolute atomic E-state index is 0.610. The highest BCUT2D eigenvalue weighted by Gasteiger charge is 2.23. The van der Waals surface area contributed by atoms with Crippen molar-refractivity contribution in [2.75, 3.05) is 5.73 Å². The molecular formula is C15H25N3. The minimum atomic E-state index is 0.610. The molecule has 0 amide bonds. The fourth-order valence-corrected chi connectivity index (χ4v) is 3.65. The second-order valence-corrected chi connectivity index (χ2v) is 6.08. The molecule has 3 nitrogen and oxygen atoms in total. The lowest BCUT2D eigenvalue weighted by Crippen LogP contribution is -2.14. The number of aromatic nitrogens is 2.